The van der Waals surface area contributed by atoms with Crippen LogP contribution in [0.25, 0.3) is 10.9 Å². The van der Waals surface area contributed by atoms with Gasteiger partial charge >= 0.3 is 0 Å². The molecule has 2 fully saturated rings. The first-order chi connectivity index (χ1) is 12.2. The maximum atomic E-state index is 13.3. The second-order valence-electron chi connectivity index (χ2n) is 7.00. The fraction of sp³-hybridized carbons (Fsp3) is 0.526. The van der Waals surface area contributed by atoms with Crippen LogP contribution in [0.5, 0.6) is 0 Å². The minimum atomic E-state index is -0.379. The Morgan fingerprint density at radius 1 is 1.12 bits per heavy atom. The highest BCUT2D eigenvalue weighted by Crippen LogP contribution is 2.19. The summed E-state index contributed by atoms with van der Waals surface area (Å²) >= 11 is 0. The number of benzene rings is 1. The summed E-state index contributed by atoms with van der Waals surface area (Å²) in [6.07, 6.45) is 2.31. The molecular weight excluding hydrogens is 321 g/mol. The maximum absolute atomic E-state index is 13.3. The molecule has 0 bridgehead atoms. The van der Waals surface area contributed by atoms with Gasteiger partial charge in [-0.2, -0.15) is 0 Å². The first kappa shape index (κ1) is 16.7. The summed E-state index contributed by atoms with van der Waals surface area (Å²) in [5.41, 5.74) is 1.48. The minimum Gasteiger partial charge on any atom is -0.379 e. The molecule has 3 heterocycles. The summed E-state index contributed by atoms with van der Waals surface area (Å²) in [4.78, 5) is 20.4. The second-order valence-corrected chi connectivity index (χ2v) is 7.00. The van der Waals surface area contributed by atoms with E-state index in [0.717, 1.165) is 64.5 Å². The number of halogens is 1. The van der Waals surface area contributed by atoms with Crippen molar-refractivity contribution in [2.45, 2.75) is 25.4 Å². The van der Waals surface area contributed by atoms with E-state index in [0.29, 0.717) is 16.9 Å². The van der Waals surface area contributed by atoms with Crippen LogP contribution >= 0.6 is 0 Å². The van der Waals surface area contributed by atoms with Crippen LogP contribution in [0.4, 0.5) is 4.39 Å². The fourth-order valence-corrected chi connectivity index (χ4v) is 3.99. The summed E-state index contributed by atoms with van der Waals surface area (Å²) in [5.74, 6) is -0.379. The molecule has 4 rings (SSSR count). The molecule has 0 unspecified atom stereocenters. The van der Waals surface area contributed by atoms with E-state index in [-0.39, 0.29) is 11.2 Å². The molecule has 5 nitrogen and oxygen atoms in total. The van der Waals surface area contributed by atoms with Crippen molar-refractivity contribution >= 4 is 10.9 Å². The smallest absolute Gasteiger partial charge is 0.189 e. The molecule has 1 N–H and O–H groups in total. The first-order valence-electron chi connectivity index (χ1n) is 9.05. The highest BCUT2D eigenvalue weighted by atomic mass is 19.1. The molecule has 1 aromatic carbocycles. The third-order valence-electron chi connectivity index (χ3n) is 5.36. The van der Waals surface area contributed by atoms with Crippen molar-refractivity contribution in [1.29, 1.82) is 0 Å². The average molecular weight is 345 g/mol. The molecule has 2 aliphatic heterocycles. The van der Waals surface area contributed by atoms with E-state index in [9.17, 15) is 9.18 Å². The van der Waals surface area contributed by atoms with Gasteiger partial charge in [-0.3, -0.25) is 14.6 Å². The molecule has 0 radical (unpaired) electrons. The molecule has 2 aromatic rings. The number of H-pyrrole nitrogens is 1. The van der Waals surface area contributed by atoms with Crippen LogP contribution in [0.1, 0.15) is 18.5 Å². The monoisotopic (exact) mass is 345 g/mol. The molecule has 0 aliphatic carbocycles. The number of likely N-dealkylation sites (tertiary alicyclic amines) is 1. The Morgan fingerprint density at radius 2 is 1.88 bits per heavy atom. The number of nitrogens with one attached hydrogen (secondary N) is 1. The average Bonchev–Trinajstić information content (AvgIpc) is 2.64. The number of aromatic nitrogens is 1. The third kappa shape index (κ3) is 3.76. The highest BCUT2D eigenvalue weighted by Gasteiger charge is 2.25. The third-order valence-corrected chi connectivity index (χ3v) is 5.36. The van der Waals surface area contributed by atoms with E-state index in [1.165, 1.54) is 12.1 Å². The molecule has 0 atom stereocenters. The predicted molar refractivity (Wildman–Crippen MR) is 95.2 cm³/mol. The van der Waals surface area contributed by atoms with Gasteiger partial charge in [0.2, 0.25) is 0 Å². The lowest BCUT2D eigenvalue weighted by molar-refractivity contribution is 0.000143. The Kier molecular flexibility index (Phi) is 4.83. The lowest BCUT2D eigenvalue weighted by atomic mass is 10.0. The maximum Gasteiger partial charge on any atom is 0.189 e. The molecule has 6 heteroatoms. The van der Waals surface area contributed by atoms with Gasteiger partial charge in [0, 0.05) is 61.4 Å². The van der Waals surface area contributed by atoms with Gasteiger partial charge in [0.25, 0.3) is 0 Å². The summed E-state index contributed by atoms with van der Waals surface area (Å²) in [7, 11) is 0. The summed E-state index contributed by atoms with van der Waals surface area (Å²) in [5, 5.41) is 0.412. The zero-order chi connectivity index (χ0) is 17.2. The number of piperidine rings is 1. The van der Waals surface area contributed by atoms with Crippen LogP contribution in [-0.4, -0.2) is 60.2 Å². The Hall–Kier alpha value is -1.76. The number of morpholine rings is 1. The lowest BCUT2D eigenvalue weighted by Crippen LogP contribution is -2.48. The van der Waals surface area contributed by atoms with Crippen LogP contribution in [0, 0.1) is 5.82 Å². The van der Waals surface area contributed by atoms with Crippen molar-refractivity contribution in [3.8, 4) is 0 Å². The van der Waals surface area contributed by atoms with Gasteiger partial charge in [-0.15, -0.1) is 0 Å². The van der Waals surface area contributed by atoms with Crippen molar-refractivity contribution in [1.82, 2.24) is 14.8 Å². The zero-order valence-corrected chi connectivity index (χ0v) is 14.3. The van der Waals surface area contributed by atoms with Crippen molar-refractivity contribution in [2.75, 3.05) is 39.4 Å². The van der Waals surface area contributed by atoms with Crippen LogP contribution < -0.4 is 5.43 Å². The number of hydrogen-bond donors (Lipinski definition) is 1. The van der Waals surface area contributed by atoms with E-state index < -0.39 is 0 Å². The molecule has 0 saturated carbocycles. The van der Waals surface area contributed by atoms with Crippen molar-refractivity contribution in [3.05, 3.63) is 46.0 Å². The Labute approximate surface area is 146 Å². The number of rotatable bonds is 3. The van der Waals surface area contributed by atoms with E-state index in [4.69, 9.17) is 4.74 Å². The Bertz CT molecular complexity index is 793. The van der Waals surface area contributed by atoms with Gasteiger partial charge < -0.3 is 9.72 Å². The molecule has 25 heavy (non-hydrogen) atoms. The molecule has 1 aromatic heterocycles. The number of aromatic amines is 1. The Balaban J connectivity index is 1.40. The topological polar surface area (TPSA) is 48.6 Å². The van der Waals surface area contributed by atoms with E-state index in [1.54, 1.807) is 12.1 Å². The van der Waals surface area contributed by atoms with E-state index in [2.05, 4.69) is 14.8 Å². The number of nitrogens with zero attached hydrogens (tertiary/aromatic N) is 2. The normalized spacial score (nSPS) is 21.0. The Morgan fingerprint density at radius 3 is 2.64 bits per heavy atom. The minimum absolute atomic E-state index is 0.119. The quantitative estimate of drug-likeness (QED) is 0.924. The summed E-state index contributed by atoms with van der Waals surface area (Å²) < 4.78 is 18.7. The van der Waals surface area contributed by atoms with E-state index in [1.807, 2.05) is 0 Å². The van der Waals surface area contributed by atoms with Gasteiger partial charge in [-0.25, -0.2) is 4.39 Å². The molecular formula is C19H24FN3O2. The van der Waals surface area contributed by atoms with Crippen LogP contribution in [0.3, 0.4) is 0 Å². The molecule has 2 aliphatic rings. The van der Waals surface area contributed by atoms with Crippen molar-refractivity contribution in [3.63, 3.8) is 0 Å². The standard InChI is InChI=1S/C19H24FN3O2/c20-14-1-2-18-17(11-14)19(24)12-15(21-18)13-22-5-3-16(4-6-22)23-7-9-25-10-8-23/h1-2,11-12,16H,3-10,13H2,(H,21,24). The van der Waals surface area contributed by atoms with Crippen molar-refractivity contribution < 1.29 is 9.13 Å². The van der Waals surface area contributed by atoms with Gasteiger partial charge in [-0.1, -0.05) is 0 Å². The SMILES string of the molecule is O=c1cc(CN2CCC(N3CCOCC3)CC2)[nH]c2ccc(F)cc12. The molecule has 0 spiro atoms. The van der Waals surface area contributed by atoms with Gasteiger partial charge in [-0.05, 0) is 31.0 Å². The van der Waals surface area contributed by atoms with Crippen LogP contribution in [-0.2, 0) is 11.3 Å². The first-order valence-corrected chi connectivity index (χ1v) is 9.05. The number of pyridine rings is 1. The summed E-state index contributed by atoms with van der Waals surface area (Å²) in [6.45, 7) is 6.58. The second kappa shape index (κ2) is 7.23. The molecule has 2 saturated heterocycles. The molecule has 134 valence electrons. The fourth-order valence-electron chi connectivity index (χ4n) is 3.99. The highest BCUT2D eigenvalue weighted by molar-refractivity contribution is 5.78. The number of hydrogen-bond acceptors (Lipinski definition) is 4. The number of fused-ring (bicyclic) bond motifs is 1. The zero-order valence-electron chi connectivity index (χ0n) is 14.3. The van der Waals surface area contributed by atoms with Crippen LogP contribution in [0.2, 0.25) is 0 Å². The van der Waals surface area contributed by atoms with Gasteiger partial charge in [0.1, 0.15) is 5.82 Å². The largest absolute Gasteiger partial charge is 0.379 e. The van der Waals surface area contributed by atoms with E-state index >= 15 is 0 Å². The molecule has 0 amide bonds. The predicted octanol–water partition coefficient (Wildman–Crippen LogP) is 1.96. The van der Waals surface area contributed by atoms with Crippen molar-refractivity contribution in [2.24, 2.45) is 0 Å². The van der Waals surface area contributed by atoms with Crippen LogP contribution in [0.15, 0.2) is 29.1 Å². The van der Waals surface area contributed by atoms with Gasteiger partial charge in [0.05, 0.1) is 13.2 Å². The number of ether oxygens (including phenoxy) is 1. The summed E-state index contributed by atoms with van der Waals surface area (Å²) in [6, 6.07) is 6.58. The lowest BCUT2D eigenvalue weighted by Gasteiger charge is -2.40. The van der Waals surface area contributed by atoms with Gasteiger partial charge in [0.15, 0.2) is 5.43 Å².